The number of esters is 1. The number of rotatable bonds is 10. The van der Waals surface area contributed by atoms with Gasteiger partial charge in [0.25, 0.3) is 0 Å². The zero-order chi connectivity index (χ0) is 20.4. The van der Waals surface area contributed by atoms with E-state index in [1.165, 1.54) is 20.3 Å². The van der Waals surface area contributed by atoms with Gasteiger partial charge in [0, 0.05) is 0 Å². The molecule has 0 radical (unpaired) electrons. The van der Waals surface area contributed by atoms with Gasteiger partial charge in [-0.25, -0.2) is 0 Å². The van der Waals surface area contributed by atoms with Crippen molar-refractivity contribution in [1.29, 1.82) is 0 Å². The molecule has 6 nitrogen and oxygen atoms in total. The third-order valence-corrected chi connectivity index (χ3v) is 3.79. The third-order valence-electron chi connectivity index (χ3n) is 3.79. The average molecular weight is 384 g/mol. The molecule has 0 fully saturated rings. The molecule has 148 valence electrons. The van der Waals surface area contributed by atoms with Gasteiger partial charge >= 0.3 is 5.97 Å². The zero-order valence-corrected chi connectivity index (χ0v) is 16.3. The second-order valence-corrected chi connectivity index (χ2v) is 5.81. The maximum Gasteiger partial charge on any atom is 0.313 e. The molecule has 2 aromatic rings. The normalized spacial score (nSPS) is 10.5. The average Bonchev–Trinajstić information content (AvgIpc) is 2.71. The number of benzene rings is 2. The van der Waals surface area contributed by atoms with Gasteiger partial charge in [-0.2, -0.15) is 0 Å². The van der Waals surface area contributed by atoms with Gasteiger partial charge in [0.1, 0.15) is 13.0 Å². The van der Waals surface area contributed by atoms with E-state index < -0.39 is 5.97 Å². The van der Waals surface area contributed by atoms with Crippen LogP contribution < -0.4 is 14.2 Å². The molecular formula is C22H24O6. The molecule has 0 aromatic heterocycles. The minimum atomic E-state index is -0.544. The van der Waals surface area contributed by atoms with Crippen molar-refractivity contribution in [2.24, 2.45) is 0 Å². The summed E-state index contributed by atoms with van der Waals surface area (Å²) < 4.78 is 21.5. The minimum Gasteiger partial charge on any atom is -0.493 e. The molecule has 0 saturated heterocycles. The van der Waals surface area contributed by atoms with Crippen molar-refractivity contribution < 1.29 is 28.5 Å². The number of allylic oxidation sites excluding steroid dienone is 1. The highest BCUT2D eigenvalue weighted by atomic mass is 16.5. The first-order chi connectivity index (χ1) is 13.6. The van der Waals surface area contributed by atoms with Crippen molar-refractivity contribution in [3.8, 4) is 17.2 Å². The van der Waals surface area contributed by atoms with Crippen molar-refractivity contribution in [2.45, 2.75) is 20.0 Å². The van der Waals surface area contributed by atoms with Crippen LogP contribution in [0.1, 0.15) is 24.5 Å². The first-order valence-electron chi connectivity index (χ1n) is 8.86. The number of carbonyl (C=O) groups is 2. The van der Waals surface area contributed by atoms with Gasteiger partial charge in [0.15, 0.2) is 17.3 Å². The van der Waals surface area contributed by atoms with Crippen molar-refractivity contribution in [3.05, 3.63) is 59.7 Å². The predicted molar refractivity (Wildman–Crippen MR) is 106 cm³/mol. The van der Waals surface area contributed by atoms with E-state index in [9.17, 15) is 9.59 Å². The van der Waals surface area contributed by atoms with Crippen LogP contribution in [0.3, 0.4) is 0 Å². The quantitative estimate of drug-likeness (QED) is 0.352. The first-order valence-corrected chi connectivity index (χ1v) is 8.86. The number of methoxy groups -OCH3 is 2. The number of carbonyl (C=O) groups excluding carboxylic acids is 2. The smallest absolute Gasteiger partial charge is 0.313 e. The van der Waals surface area contributed by atoms with E-state index >= 15 is 0 Å². The van der Waals surface area contributed by atoms with Gasteiger partial charge in [-0.1, -0.05) is 36.4 Å². The highest BCUT2D eigenvalue weighted by molar-refractivity contribution is 6.04. The number of ether oxygens (including phenoxy) is 4. The topological polar surface area (TPSA) is 71.1 Å². The highest BCUT2D eigenvalue weighted by Crippen LogP contribution is 2.39. The summed E-state index contributed by atoms with van der Waals surface area (Å²) in [6, 6.07) is 13.2. The summed E-state index contributed by atoms with van der Waals surface area (Å²) in [5.41, 5.74) is 1.69. The first kappa shape index (κ1) is 21.0. The summed E-state index contributed by atoms with van der Waals surface area (Å²) >= 11 is 0. The Bertz CT molecular complexity index is 801. The second kappa shape index (κ2) is 10.8. The van der Waals surface area contributed by atoms with Gasteiger partial charge in [-0.05, 0) is 36.3 Å². The van der Waals surface area contributed by atoms with Crippen LogP contribution in [0.25, 0.3) is 6.08 Å². The van der Waals surface area contributed by atoms with E-state index in [2.05, 4.69) is 0 Å². The van der Waals surface area contributed by atoms with E-state index in [0.717, 1.165) is 5.56 Å². The van der Waals surface area contributed by atoms with Crippen molar-refractivity contribution >= 4 is 17.8 Å². The lowest BCUT2D eigenvalue weighted by atomic mass is 10.1. The standard InChI is InChI=1S/C22H24O6/c1-4-27-21(24)14-18(23)11-10-17-12-19(25-2)22(20(13-17)26-3)28-15-16-8-6-5-7-9-16/h5-13H,4,14-15H2,1-3H3. The van der Waals surface area contributed by atoms with Gasteiger partial charge in [0.2, 0.25) is 5.75 Å². The summed E-state index contributed by atoms with van der Waals surface area (Å²) in [5, 5.41) is 0. The molecule has 0 spiro atoms. The van der Waals surface area contributed by atoms with Crippen LogP contribution in [0.4, 0.5) is 0 Å². The number of hydrogen-bond acceptors (Lipinski definition) is 6. The van der Waals surface area contributed by atoms with Crippen LogP contribution >= 0.6 is 0 Å². The Hall–Kier alpha value is -3.28. The lowest BCUT2D eigenvalue weighted by molar-refractivity contribution is -0.144. The largest absolute Gasteiger partial charge is 0.493 e. The Kier molecular flexibility index (Phi) is 8.09. The summed E-state index contributed by atoms with van der Waals surface area (Å²) in [6.07, 6.45) is 2.63. The Balaban J connectivity index is 2.16. The molecular weight excluding hydrogens is 360 g/mol. The van der Waals surface area contributed by atoms with E-state index in [1.807, 2.05) is 30.3 Å². The summed E-state index contributed by atoms with van der Waals surface area (Å²) in [7, 11) is 3.06. The highest BCUT2D eigenvalue weighted by Gasteiger charge is 2.14. The maximum absolute atomic E-state index is 11.9. The molecule has 0 aliphatic heterocycles. The molecule has 0 aliphatic carbocycles. The summed E-state index contributed by atoms with van der Waals surface area (Å²) in [5.74, 6) is 0.544. The molecule has 0 heterocycles. The van der Waals surface area contributed by atoms with E-state index in [4.69, 9.17) is 18.9 Å². The van der Waals surface area contributed by atoms with E-state index in [0.29, 0.717) is 29.4 Å². The number of hydrogen-bond donors (Lipinski definition) is 0. The molecule has 0 amide bonds. The zero-order valence-electron chi connectivity index (χ0n) is 16.3. The maximum atomic E-state index is 11.9. The van der Waals surface area contributed by atoms with Crippen LogP contribution in [-0.2, 0) is 20.9 Å². The molecule has 2 aromatic carbocycles. The lowest BCUT2D eigenvalue weighted by Gasteiger charge is -2.15. The van der Waals surface area contributed by atoms with Crippen LogP contribution in [0.2, 0.25) is 0 Å². The Morgan fingerprint density at radius 2 is 1.64 bits per heavy atom. The van der Waals surface area contributed by atoms with Crippen LogP contribution in [-0.4, -0.2) is 32.6 Å². The minimum absolute atomic E-state index is 0.245. The monoisotopic (exact) mass is 384 g/mol. The Labute approximate surface area is 164 Å². The molecule has 6 heteroatoms. The Morgan fingerprint density at radius 3 is 2.21 bits per heavy atom. The van der Waals surface area contributed by atoms with Gasteiger partial charge in [-0.3, -0.25) is 9.59 Å². The SMILES string of the molecule is CCOC(=O)CC(=O)C=Cc1cc(OC)c(OCc2ccccc2)c(OC)c1. The second-order valence-electron chi connectivity index (χ2n) is 5.81. The van der Waals surface area contributed by atoms with Crippen molar-refractivity contribution in [3.63, 3.8) is 0 Å². The van der Waals surface area contributed by atoms with E-state index in [1.54, 1.807) is 25.1 Å². The van der Waals surface area contributed by atoms with E-state index in [-0.39, 0.29) is 18.8 Å². The summed E-state index contributed by atoms with van der Waals surface area (Å²) in [4.78, 5) is 23.2. The van der Waals surface area contributed by atoms with Gasteiger partial charge in [0.05, 0.1) is 20.8 Å². The van der Waals surface area contributed by atoms with Crippen molar-refractivity contribution in [1.82, 2.24) is 0 Å². The van der Waals surface area contributed by atoms with Crippen LogP contribution in [0.5, 0.6) is 17.2 Å². The van der Waals surface area contributed by atoms with Gasteiger partial charge < -0.3 is 18.9 Å². The molecule has 0 N–H and O–H groups in total. The summed E-state index contributed by atoms with van der Waals surface area (Å²) in [6.45, 7) is 2.30. The molecule has 0 bridgehead atoms. The number of ketones is 1. The molecule has 0 unspecified atom stereocenters. The Morgan fingerprint density at radius 1 is 1.00 bits per heavy atom. The molecule has 0 aliphatic rings. The molecule has 2 rings (SSSR count). The van der Waals surface area contributed by atoms with Crippen molar-refractivity contribution in [2.75, 3.05) is 20.8 Å². The molecule has 0 saturated carbocycles. The fourth-order valence-electron chi connectivity index (χ4n) is 2.47. The van der Waals surface area contributed by atoms with Gasteiger partial charge in [-0.15, -0.1) is 0 Å². The van der Waals surface area contributed by atoms with Crippen LogP contribution in [0, 0.1) is 0 Å². The molecule has 0 atom stereocenters. The lowest BCUT2D eigenvalue weighted by Crippen LogP contribution is -2.09. The fourth-order valence-corrected chi connectivity index (χ4v) is 2.47. The van der Waals surface area contributed by atoms with Crippen LogP contribution in [0.15, 0.2) is 48.5 Å². The fraction of sp³-hybridized carbons (Fsp3) is 0.273. The molecule has 28 heavy (non-hydrogen) atoms. The predicted octanol–water partition coefficient (Wildman–Crippen LogP) is 3.82. The third kappa shape index (κ3) is 6.16.